The van der Waals surface area contributed by atoms with E-state index >= 15 is 0 Å². The summed E-state index contributed by atoms with van der Waals surface area (Å²) in [5.74, 6) is -11.8. The fourth-order valence-electron chi connectivity index (χ4n) is 4.58. The summed E-state index contributed by atoms with van der Waals surface area (Å²) in [5.41, 5.74) is -7.90. The van der Waals surface area contributed by atoms with Gasteiger partial charge in [-0.2, -0.15) is 0 Å². The number of esters is 2. The first kappa shape index (κ1) is 28.9. The van der Waals surface area contributed by atoms with Gasteiger partial charge in [0.15, 0.2) is 0 Å². The Kier molecular flexibility index (Phi) is 7.72. The van der Waals surface area contributed by atoms with E-state index in [-0.39, 0.29) is 0 Å². The molecule has 208 valence electrons. The third-order valence-electron chi connectivity index (χ3n) is 6.72. The largest absolute Gasteiger partial charge is 0.445 e. The normalized spacial score (nSPS) is 52.0. The van der Waals surface area contributed by atoms with Gasteiger partial charge in [-0.05, 0) is 0 Å². The Morgan fingerprint density at radius 2 is 1.28 bits per heavy atom. The van der Waals surface area contributed by atoms with Crippen LogP contribution in [0.3, 0.4) is 0 Å². The van der Waals surface area contributed by atoms with Crippen LogP contribution >= 0.6 is 0 Å². The van der Waals surface area contributed by atoms with Crippen molar-refractivity contribution < 1.29 is 89.8 Å². The zero-order valence-corrected chi connectivity index (χ0v) is 18.3. The number of carbonyl (C=O) groups excluding carboxylic acids is 2. The second-order valence-corrected chi connectivity index (χ2v) is 8.63. The summed E-state index contributed by atoms with van der Waals surface area (Å²) in [4.78, 5) is 25.2. The molecule has 18 heteroatoms. The quantitative estimate of drug-likeness (QED) is 0.141. The first-order valence-electron chi connectivity index (χ1n) is 10.5. The first-order valence-corrected chi connectivity index (χ1v) is 10.5. The van der Waals surface area contributed by atoms with E-state index in [1.165, 1.54) is 0 Å². The number of aliphatic hydroxyl groups is 12. The van der Waals surface area contributed by atoms with Gasteiger partial charge in [-0.25, -0.2) is 9.59 Å². The van der Waals surface area contributed by atoms with Gasteiger partial charge < -0.3 is 80.2 Å². The molecule has 3 fully saturated rings. The van der Waals surface area contributed by atoms with Gasteiger partial charge in [0.25, 0.3) is 11.4 Å². The first-order chi connectivity index (χ1) is 16.7. The molecule has 0 amide bonds. The van der Waals surface area contributed by atoms with Gasteiger partial charge in [0.1, 0.15) is 42.7 Å². The molecular formula is C18H28O18. The van der Waals surface area contributed by atoms with Crippen LogP contribution in [0.1, 0.15) is 0 Å². The number of cyclic esters (lactones) is 2. The molecule has 36 heavy (non-hydrogen) atoms. The smallest absolute Gasteiger partial charge is 0.359 e. The van der Waals surface area contributed by atoms with Crippen LogP contribution in [0.5, 0.6) is 0 Å². The molecule has 18 nitrogen and oxygen atoms in total. The lowest BCUT2D eigenvalue weighted by molar-refractivity contribution is -0.509. The van der Waals surface area contributed by atoms with Crippen molar-refractivity contribution in [3.05, 3.63) is 0 Å². The molecule has 0 aromatic heterocycles. The number of carbonyl (C=O) groups is 2. The van der Waals surface area contributed by atoms with Crippen LogP contribution in [0.4, 0.5) is 0 Å². The Morgan fingerprint density at radius 3 is 1.78 bits per heavy atom. The van der Waals surface area contributed by atoms with Gasteiger partial charge in [-0.15, -0.1) is 0 Å². The molecule has 3 heterocycles. The maximum Gasteiger partial charge on any atom is 0.359 e. The van der Waals surface area contributed by atoms with Crippen LogP contribution in [0, 0.1) is 0 Å². The lowest BCUT2D eigenvalue weighted by atomic mass is 9.64. The van der Waals surface area contributed by atoms with Gasteiger partial charge in [0, 0.05) is 0 Å². The van der Waals surface area contributed by atoms with Gasteiger partial charge in [-0.1, -0.05) is 0 Å². The predicted molar refractivity (Wildman–Crippen MR) is 102 cm³/mol. The minimum absolute atomic E-state index is 1.15. The molecule has 3 rings (SSSR count). The van der Waals surface area contributed by atoms with E-state index in [4.69, 9.17) is 14.2 Å². The van der Waals surface area contributed by atoms with Gasteiger partial charge in [0.05, 0.1) is 26.4 Å². The fraction of sp³-hybridized carbons (Fsp3) is 0.889. The standard InChI is InChI=1S/C18H28O18/c19-1-5-8(23)10(25)12(27)17(31,34-5)16(30)11(26)9(24)6(2-20)35-18(16,32)15(4-22)14(29)33-7(3-21)13(28)36-15/h5-12,19-27,30-32H,1-4H2/t5?,6-,7?,8?,9-,10?,11+,12?,15?,16-,17?,18?/m1/s1. The monoisotopic (exact) mass is 532 g/mol. The molecule has 0 radical (unpaired) electrons. The van der Waals surface area contributed by atoms with Crippen LogP contribution in [0.2, 0.25) is 0 Å². The molecule has 12 N–H and O–H groups in total. The minimum atomic E-state index is -4.23. The number of ether oxygens (including phenoxy) is 4. The summed E-state index contributed by atoms with van der Waals surface area (Å²) in [5, 5.41) is 125. The van der Waals surface area contributed by atoms with Crippen molar-refractivity contribution in [1.82, 2.24) is 0 Å². The van der Waals surface area contributed by atoms with E-state index in [0.29, 0.717) is 0 Å². The van der Waals surface area contributed by atoms with Crippen molar-refractivity contribution in [2.24, 2.45) is 0 Å². The average Bonchev–Trinajstić information content (AvgIpc) is 2.86. The zero-order chi connectivity index (χ0) is 27.4. The SMILES string of the molecule is O=C1OC(CO)(C2(O)O[C@H](CO)[C@@H](O)[C@H](O)[C@@]2(O)C2(O)OC(CO)C(O)C(O)C2O)C(=O)OC1CO. The molecule has 0 spiro atoms. The topological polar surface area (TPSA) is 314 Å². The Balaban J connectivity index is 2.31. The second-order valence-electron chi connectivity index (χ2n) is 8.63. The number of aliphatic hydroxyl groups excluding tert-OH is 9. The summed E-state index contributed by atoms with van der Waals surface area (Å²) in [6.07, 6.45) is -19.3. The third kappa shape index (κ3) is 3.50. The Hall–Kier alpha value is -1.62. The van der Waals surface area contributed by atoms with E-state index in [0.717, 1.165) is 0 Å². The number of hydrogen-bond acceptors (Lipinski definition) is 18. The molecule has 3 saturated heterocycles. The van der Waals surface area contributed by atoms with E-state index < -0.39 is 110 Å². The van der Waals surface area contributed by atoms with Crippen molar-refractivity contribution in [1.29, 1.82) is 0 Å². The third-order valence-corrected chi connectivity index (χ3v) is 6.72. The molecule has 3 aliphatic heterocycles. The zero-order valence-electron chi connectivity index (χ0n) is 18.3. The molecular weight excluding hydrogens is 504 g/mol. The van der Waals surface area contributed by atoms with Gasteiger partial charge in [-0.3, -0.25) is 0 Å². The van der Waals surface area contributed by atoms with Crippen molar-refractivity contribution in [2.45, 2.75) is 71.6 Å². The average molecular weight is 532 g/mol. The van der Waals surface area contributed by atoms with Gasteiger partial charge >= 0.3 is 11.9 Å². The van der Waals surface area contributed by atoms with Gasteiger partial charge in [0.2, 0.25) is 17.5 Å². The minimum Gasteiger partial charge on any atom is -0.445 e. The van der Waals surface area contributed by atoms with Crippen molar-refractivity contribution in [3.63, 3.8) is 0 Å². The van der Waals surface area contributed by atoms with Crippen LogP contribution < -0.4 is 0 Å². The van der Waals surface area contributed by atoms with Crippen molar-refractivity contribution in [2.75, 3.05) is 26.4 Å². The highest BCUT2D eigenvalue weighted by Gasteiger charge is 2.85. The Labute approximate surface area is 200 Å². The molecule has 3 aliphatic rings. The summed E-state index contributed by atoms with van der Waals surface area (Å²) in [6, 6.07) is 0. The predicted octanol–water partition coefficient (Wildman–Crippen LogP) is -9.13. The lowest BCUT2D eigenvalue weighted by Gasteiger charge is -2.63. The summed E-state index contributed by atoms with van der Waals surface area (Å²) in [7, 11) is 0. The number of rotatable bonds is 6. The van der Waals surface area contributed by atoms with E-state index in [9.17, 15) is 70.9 Å². The molecule has 0 aromatic carbocycles. The molecule has 0 bridgehead atoms. The molecule has 12 atom stereocenters. The Morgan fingerprint density at radius 1 is 0.722 bits per heavy atom. The Bertz CT molecular complexity index is 854. The lowest BCUT2D eigenvalue weighted by Crippen LogP contribution is -2.92. The van der Waals surface area contributed by atoms with Crippen LogP contribution in [-0.4, -0.2) is 171 Å². The summed E-state index contributed by atoms with van der Waals surface area (Å²) < 4.78 is 19.4. The van der Waals surface area contributed by atoms with Crippen molar-refractivity contribution >= 4 is 11.9 Å². The molecule has 8 unspecified atom stereocenters. The highest BCUT2D eigenvalue weighted by Crippen LogP contribution is 2.54. The highest BCUT2D eigenvalue weighted by molar-refractivity contribution is 5.92. The maximum atomic E-state index is 12.9. The summed E-state index contributed by atoms with van der Waals surface area (Å²) in [6.45, 7) is -5.50. The number of hydrogen-bond donors (Lipinski definition) is 12. The van der Waals surface area contributed by atoms with Crippen LogP contribution in [-0.2, 0) is 28.5 Å². The maximum absolute atomic E-state index is 12.9. The van der Waals surface area contributed by atoms with Crippen molar-refractivity contribution in [3.8, 4) is 0 Å². The fourth-order valence-corrected chi connectivity index (χ4v) is 4.58. The highest BCUT2D eigenvalue weighted by atomic mass is 16.7. The van der Waals surface area contributed by atoms with Crippen LogP contribution in [0.15, 0.2) is 0 Å². The van der Waals surface area contributed by atoms with Crippen LogP contribution in [0.25, 0.3) is 0 Å². The molecule has 0 aromatic rings. The van der Waals surface area contributed by atoms with E-state index in [1.807, 2.05) is 0 Å². The summed E-state index contributed by atoms with van der Waals surface area (Å²) >= 11 is 0. The van der Waals surface area contributed by atoms with E-state index in [1.54, 1.807) is 0 Å². The second kappa shape index (κ2) is 9.60. The molecule has 0 saturated carbocycles. The molecule has 0 aliphatic carbocycles. The van der Waals surface area contributed by atoms with E-state index in [2.05, 4.69) is 4.74 Å².